The van der Waals surface area contributed by atoms with Crippen molar-refractivity contribution in [1.82, 2.24) is 18.8 Å². The van der Waals surface area contributed by atoms with E-state index in [1.54, 1.807) is 5.57 Å². The zero-order chi connectivity index (χ0) is 44.6. The average molecular weight is 869 g/mol. The number of fused-ring (bicyclic) bond motifs is 18. The van der Waals surface area contributed by atoms with Crippen LogP contribution in [0.5, 0.6) is 0 Å². The number of pyridine rings is 2. The molecule has 3 aliphatic rings. The highest BCUT2D eigenvalue weighted by Crippen LogP contribution is 2.56. The van der Waals surface area contributed by atoms with Gasteiger partial charge in [-0.15, -0.1) is 0 Å². The van der Waals surface area contributed by atoms with E-state index in [2.05, 4.69) is 216 Å². The van der Waals surface area contributed by atoms with Crippen LogP contribution in [0.2, 0.25) is 0 Å². The number of aryl methyl sites for hydroxylation is 1. The van der Waals surface area contributed by atoms with Crippen molar-refractivity contribution in [3.8, 4) is 22.3 Å². The van der Waals surface area contributed by atoms with Gasteiger partial charge < -0.3 is 0 Å². The Bertz CT molecular complexity index is 4320. The number of hydrogen-bond acceptors (Lipinski definition) is 2. The van der Waals surface area contributed by atoms with Crippen LogP contribution in [0, 0.1) is 12.8 Å². The van der Waals surface area contributed by atoms with Gasteiger partial charge in [0, 0.05) is 27.5 Å². The molecule has 15 rings (SSSR count). The summed E-state index contributed by atoms with van der Waals surface area (Å²) < 4.78 is 4.69. The number of nitrogens with zero attached hydrogens (tertiary/aromatic N) is 4. The minimum atomic E-state index is 0.257. The highest BCUT2D eigenvalue weighted by molar-refractivity contribution is 6.15. The van der Waals surface area contributed by atoms with Gasteiger partial charge in [-0.25, -0.2) is 9.97 Å². The van der Waals surface area contributed by atoms with Crippen LogP contribution in [0.3, 0.4) is 0 Å². The topological polar surface area (TPSA) is 34.6 Å². The quantitative estimate of drug-likeness (QED) is 0.165. The van der Waals surface area contributed by atoms with Gasteiger partial charge in [-0.1, -0.05) is 164 Å². The van der Waals surface area contributed by atoms with E-state index < -0.39 is 0 Å². The van der Waals surface area contributed by atoms with Crippen LogP contribution >= 0.6 is 0 Å². The van der Waals surface area contributed by atoms with Crippen molar-refractivity contribution < 1.29 is 0 Å². The first kappa shape index (κ1) is 37.8. The zero-order valence-electron chi connectivity index (χ0n) is 37.6. The second-order valence-electron chi connectivity index (χ2n) is 19.2. The van der Waals surface area contributed by atoms with Gasteiger partial charge in [0.15, 0.2) is 0 Å². The Labute approximate surface area is 393 Å². The van der Waals surface area contributed by atoms with Crippen molar-refractivity contribution in [2.45, 2.75) is 32.1 Å². The number of rotatable bonds is 4. The predicted molar refractivity (Wildman–Crippen MR) is 283 cm³/mol. The second-order valence-corrected chi connectivity index (χ2v) is 19.2. The number of benzene rings is 8. The highest BCUT2D eigenvalue weighted by atomic mass is 15.0. The van der Waals surface area contributed by atoms with Gasteiger partial charge in [0.25, 0.3) is 0 Å². The lowest BCUT2D eigenvalue weighted by Crippen LogP contribution is -2.15. The maximum Gasteiger partial charge on any atom is 0.146 e. The molecule has 3 aliphatic carbocycles. The fourth-order valence-corrected chi connectivity index (χ4v) is 12.6. The first-order valence-electron chi connectivity index (χ1n) is 24.1. The van der Waals surface area contributed by atoms with E-state index in [9.17, 15) is 0 Å². The van der Waals surface area contributed by atoms with Gasteiger partial charge in [-0.2, -0.15) is 0 Å². The fraction of sp³-hybridized carbons (Fsp3) is 0.0938. The monoisotopic (exact) mass is 868 g/mol. The molecular weight excluding hydrogens is 825 g/mol. The van der Waals surface area contributed by atoms with E-state index in [1.807, 2.05) is 0 Å². The summed E-state index contributed by atoms with van der Waals surface area (Å²) >= 11 is 0. The Kier molecular flexibility index (Phi) is 7.97. The molecule has 0 fully saturated rings. The number of hydrogen-bond donors (Lipinski definition) is 0. The Morgan fingerprint density at radius 1 is 0.485 bits per heavy atom. The lowest BCUT2D eigenvalue weighted by atomic mass is 9.74. The van der Waals surface area contributed by atoms with Gasteiger partial charge in [0.1, 0.15) is 11.3 Å². The molecule has 4 heterocycles. The maximum atomic E-state index is 5.36. The lowest BCUT2D eigenvalue weighted by molar-refractivity contribution is 0.584. The molecule has 320 valence electrons. The summed E-state index contributed by atoms with van der Waals surface area (Å²) in [6.07, 6.45) is 12.9. The minimum absolute atomic E-state index is 0.257. The molecule has 0 bridgehead atoms. The van der Waals surface area contributed by atoms with E-state index >= 15 is 0 Å². The van der Waals surface area contributed by atoms with E-state index in [4.69, 9.17) is 9.97 Å². The van der Waals surface area contributed by atoms with E-state index in [1.165, 1.54) is 99.0 Å². The van der Waals surface area contributed by atoms with Crippen molar-refractivity contribution in [2.24, 2.45) is 5.92 Å². The molecule has 4 aromatic heterocycles. The van der Waals surface area contributed by atoms with Crippen molar-refractivity contribution in [3.05, 3.63) is 234 Å². The van der Waals surface area contributed by atoms with Gasteiger partial charge in [-0.3, -0.25) is 8.80 Å². The molecule has 12 aromatic rings. The summed E-state index contributed by atoms with van der Waals surface area (Å²) in [4.78, 5) is 10.7. The summed E-state index contributed by atoms with van der Waals surface area (Å²) in [6.45, 7) is 2.28. The van der Waals surface area contributed by atoms with Crippen LogP contribution < -0.4 is 0 Å². The van der Waals surface area contributed by atoms with Gasteiger partial charge in [0.05, 0.1) is 33.1 Å². The third-order valence-electron chi connectivity index (χ3n) is 15.6. The van der Waals surface area contributed by atoms with Gasteiger partial charge in [0.2, 0.25) is 0 Å². The maximum absolute atomic E-state index is 5.36. The first-order chi connectivity index (χ1) is 33.6. The normalized spacial score (nSPS) is 17.1. The van der Waals surface area contributed by atoms with Crippen molar-refractivity contribution in [2.75, 3.05) is 0 Å². The standard InChI is InChI=1S/C64H44N4/c1-38-34-39(41-28-32-60-56(36-41)65-63-53-22-8-4-16-46(53)49-18-10-12-24-58(49)67(60)63)26-30-43(38)44-14-2-6-20-51(44)62-52-21-7-3-15-45(52)48-31-27-40(35-55(48)62)42-29-33-61-57(37-42)66-64-54-23-9-5-17-47(54)50-19-11-13-25-59(50)68(61)64/h2,4-14,16-34,36-37,55,62H,3,15,35H2,1H3. The van der Waals surface area contributed by atoms with Crippen LogP contribution in [0.1, 0.15) is 41.9 Å². The second kappa shape index (κ2) is 14.3. The molecule has 0 radical (unpaired) electrons. The van der Waals surface area contributed by atoms with E-state index in [0.717, 1.165) is 52.6 Å². The fourth-order valence-electron chi connectivity index (χ4n) is 12.6. The predicted octanol–water partition coefficient (Wildman–Crippen LogP) is 16.3. The first-order valence-corrected chi connectivity index (χ1v) is 24.1. The third-order valence-corrected chi connectivity index (χ3v) is 15.6. The lowest BCUT2D eigenvalue weighted by Gasteiger charge is -2.29. The molecule has 0 aliphatic heterocycles. The highest BCUT2D eigenvalue weighted by Gasteiger charge is 2.41. The Morgan fingerprint density at radius 2 is 1.04 bits per heavy atom. The van der Waals surface area contributed by atoms with E-state index in [0.29, 0.717) is 5.92 Å². The number of para-hydroxylation sites is 2. The zero-order valence-corrected chi connectivity index (χ0v) is 37.6. The molecule has 0 amide bonds. The molecule has 4 heteroatoms. The number of aromatic nitrogens is 4. The Hall–Kier alpha value is -8.34. The molecule has 0 saturated carbocycles. The molecule has 68 heavy (non-hydrogen) atoms. The van der Waals surface area contributed by atoms with Crippen LogP contribution in [-0.2, 0) is 0 Å². The number of imidazole rings is 2. The average Bonchev–Trinajstić information content (AvgIpc) is 4.09. The molecule has 0 spiro atoms. The molecule has 2 atom stereocenters. The van der Waals surface area contributed by atoms with Crippen LogP contribution in [0.25, 0.3) is 105 Å². The summed E-state index contributed by atoms with van der Waals surface area (Å²) in [6, 6.07) is 64.8. The van der Waals surface area contributed by atoms with Crippen molar-refractivity contribution >= 4 is 82.3 Å². The minimum Gasteiger partial charge on any atom is -0.292 e. The number of allylic oxidation sites excluding steroid dienone is 8. The summed E-state index contributed by atoms with van der Waals surface area (Å²) in [7, 11) is 0. The largest absolute Gasteiger partial charge is 0.292 e. The Morgan fingerprint density at radius 3 is 1.72 bits per heavy atom. The van der Waals surface area contributed by atoms with Crippen LogP contribution in [-0.4, -0.2) is 18.8 Å². The van der Waals surface area contributed by atoms with Crippen molar-refractivity contribution in [3.63, 3.8) is 0 Å². The molecule has 0 saturated heterocycles. The molecule has 8 aromatic carbocycles. The van der Waals surface area contributed by atoms with Crippen LogP contribution in [0.15, 0.2) is 217 Å². The molecule has 2 unspecified atom stereocenters. The summed E-state index contributed by atoms with van der Waals surface area (Å²) in [5.41, 5.74) is 23.6. The Balaban J connectivity index is 0.799. The smallest absolute Gasteiger partial charge is 0.146 e. The SMILES string of the molecule is Cc1cc(-c2ccc3c(c2)nc2c4ccccc4c4ccccc4n32)ccc1-c1ccccc1C1C2=C(CCC=C2)C2=CC=C(c3ccc4c(c3)nc3c5ccccc5c5ccccc5n43)CC21. The van der Waals surface area contributed by atoms with E-state index in [-0.39, 0.29) is 5.92 Å². The van der Waals surface area contributed by atoms with Gasteiger partial charge in [-0.05, 0) is 141 Å². The molecular formula is C64H44N4. The third kappa shape index (κ3) is 5.37. The summed E-state index contributed by atoms with van der Waals surface area (Å²) in [5, 5.41) is 7.33. The summed E-state index contributed by atoms with van der Waals surface area (Å²) in [5.74, 6) is 0.604. The van der Waals surface area contributed by atoms with Crippen LogP contribution in [0.4, 0.5) is 0 Å². The molecule has 4 nitrogen and oxygen atoms in total. The van der Waals surface area contributed by atoms with Gasteiger partial charge >= 0.3 is 0 Å². The van der Waals surface area contributed by atoms with Crippen molar-refractivity contribution in [1.29, 1.82) is 0 Å². The molecule has 0 N–H and O–H groups in total.